The molecule has 182 valence electrons. The molecule has 2 aromatic carbocycles. The zero-order valence-corrected chi connectivity index (χ0v) is 21.1. The summed E-state index contributed by atoms with van der Waals surface area (Å²) in [5.74, 6) is -0.913. The number of hydrogen-bond acceptors (Lipinski definition) is 3. The average molecular weight is 491 g/mol. The summed E-state index contributed by atoms with van der Waals surface area (Å²) >= 11 is 6.26. The van der Waals surface area contributed by atoms with Gasteiger partial charge in [-0.25, -0.2) is 0 Å². The molecule has 3 aromatic rings. The van der Waals surface area contributed by atoms with Gasteiger partial charge in [0, 0.05) is 17.4 Å². The normalized spacial score (nSPS) is 15.2. The molecule has 0 aliphatic heterocycles. The van der Waals surface area contributed by atoms with Gasteiger partial charge >= 0.3 is 5.97 Å². The number of aliphatic carboxylic acids is 1. The molecule has 1 fully saturated rings. The van der Waals surface area contributed by atoms with E-state index < -0.39 is 5.97 Å². The maximum atomic E-state index is 13.6. The van der Waals surface area contributed by atoms with Crippen LogP contribution < -0.4 is 5.32 Å². The van der Waals surface area contributed by atoms with Crippen LogP contribution in [0.4, 0.5) is 5.69 Å². The van der Waals surface area contributed by atoms with Crippen LogP contribution in [-0.4, -0.2) is 22.0 Å². The summed E-state index contributed by atoms with van der Waals surface area (Å²) in [5.41, 5.74) is 6.35. The molecular formula is C29H31ClN2O3. The molecule has 35 heavy (non-hydrogen) atoms. The lowest BCUT2D eigenvalue weighted by molar-refractivity contribution is -0.137. The smallest absolute Gasteiger partial charge is 0.303 e. The van der Waals surface area contributed by atoms with Gasteiger partial charge in [-0.15, -0.1) is 0 Å². The van der Waals surface area contributed by atoms with Gasteiger partial charge in [-0.3, -0.25) is 14.6 Å². The minimum atomic E-state index is -0.830. The first-order valence-electron chi connectivity index (χ1n) is 12.1. The molecule has 0 radical (unpaired) electrons. The van der Waals surface area contributed by atoms with E-state index in [1.165, 1.54) is 0 Å². The number of rotatable bonds is 8. The molecule has 0 bridgehead atoms. The molecular weight excluding hydrogens is 460 g/mol. The van der Waals surface area contributed by atoms with Crippen molar-refractivity contribution in [2.45, 2.75) is 58.3 Å². The van der Waals surface area contributed by atoms with Crippen molar-refractivity contribution in [3.63, 3.8) is 0 Å². The Labute approximate surface area is 211 Å². The van der Waals surface area contributed by atoms with Crippen LogP contribution >= 0.6 is 11.6 Å². The molecule has 4 rings (SSSR count). The summed E-state index contributed by atoms with van der Waals surface area (Å²) < 4.78 is 0. The number of amides is 1. The van der Waals surface area contributed by atoms with E-state index in [1.54, 1.807) is 0 Å². The number of carboxylic acid groups (broad SMARTS) is 1. The highest BCUT2D eigenvalue weighted by Crippen LogP contribution is 2.41. The summed E-state index contributed by atoms with van der Waals surface area (Å²) in [6.45, 7) is 5.72. The van der Waals surface area contributed by atoms with Gasteiger partial charge in [-0.1, -0.05) is 61.3 Å². The van der Waals surface area contributed by atoms with Gasteiger partial charge in [0.2, 0.25) is 5.91 Å². The Kier molecular flexibility index (Phi) is 7.56. The van der Waals surface area contributed by atoms with Crippen LogP contribution in [0.25, 0.3) is 11.1 Å². The van der Waals surface area contributed by atoms with E-state index in [-0.39, 0.29) is 24.2 Å². The summed E-state index contributed by atoms with van der Waals surface area (Å²) in [6.07, 6.45) is 5.07. The molecule has 2 atom stereocenters. The van der Waals surface area contributed by atoms with Crippen molar-refractivity contribution in [2.24, 2.45) is 5.92 Å². The van der Waals surface area contributed by atoms with E-state index >= 15 is 0 Å². The van der Waals surface area contributed by atoms with E-state index in [9.17, 15) is 14.7 Å². The van der Waals surface area contributed by atoms with Crippen LogP contribution in [0.1, 0.15) is 66.8 Å². The number of pyridine rings is 1. The van der Waals surface area contributed by atoms with Crippen molar-refractivity contribution in [1.82, 2.24) is 4.98 Å². The van der Waals surface area contributed by atoms with E-state index in [2.05, 4.69) is 10.3 Å². The first-order valence-corrected chi connectivity index (χ1v) is 12.5. The Hall–Kier alpha value is -3.18. The number of aryl methyl sites for hydroxylation is 1. The fraction of sp³-hybridized carbons (Fsp3) is 0.345. The Bertz CT molecular complexity index is 1240. The first-order chi connectivity index (χ1) is 16.7. The minimum absolute atomic E-state index is 0.0198. The maximum absolute atomic E-state index is 13.6. The van der Waals surface area contributed by atoms with Crippen LogP contribution in [0.2, 0.25) is 5.02 Å². The van der Waals surface area contributed by atoms with Crippen molar-refractivity contribution in [2.75, 3.05) is 5.32 Å². The SMILES string of the molecule is Cc1ncc(-c2ccc([C@H](C(=O)Nc3cccc([C@H](C)CC(=O)O)c3C)C3CCC3)cc2)cc1Cl. The first kappa shape index (κ1) is 24.9. The van der Waals surface area contributed by atoms with Crippen molar-refractivity contribution < 1.29 is 14.7 Å². The van der Waals surface area contributed by atoms with Crippen LogP contribution in [0, 0.1) is 19.8 Å². The van der Waals surface area contributed by atoms with Gasteiger partial charge in [-0.05, 0) is 72.9 Å². The summed E-state index contributed by atoms with van der Waals surface area (Å²) in [5, 5.41) is 13.0. The topological polar surface area (TPSA) is 79.3 Å². The second-order valence-corrected chi connectivity index (χ2v) is 10.00. The lowest BCUT2D eigenvalue weighted by atomic mass is 9.72. The van der Waals surface area contributed by atoms with Crippen LogP contribution in [-0.2, 0) is 9.59 Å². The number of benzene rings is 2. The quantitative estimate of drug-likeness (QED) is 0.352. The second kappa shape index (κ2) is 10.6. The molecule has 6 heteroatoms. The molecule has 1 aromatic heterocycles. The fourth-order valence-corrected chi connectivity index (χ4v) is 5.03. The number of carboxylic acids is 1. The highest BCUT2D eigenvalue weighted by atomic mass is 35.5. The lowest BCUT2D eigenvalue weighted by Crippen LogP contribution is -2.31. The number of hydrogen-bond donors (Lipinski definition) is 2. The summed E-state index contributed by atoms with van der Waals surface area (Å²) in [6, 6.07) is 15.7. The third-order valence-electron chi connectivity index (χ3n) is 7.18. The molecule has 0 spiro atoms. The van der Waals surface area contributed by atoms with Crippen LogP contribution in [0.15, 0.2) is 54.7 Å². The third kappa shape index (κ3) is 5.57. The zero-order chi connectivity index (χ0) is 25.1. The van der Waals surface area contributed by atoms with Gasteiger partial charge in [0.15, 0.2) is 0 Å². The molecule has 5 nitrogen and oxygen atoms in total. The number of carbonyl (C=O) groups excluding carboxylic acids is 1. The molecule has 1 aliphatic carbocycles. The highest BCUT2D eigenvalue weighted by molar-refractivity contribution is 6.31. The molecule has 1 aliphatic rings. The fourth-order valence-electron chi connectivity index (χ4n) is 4.86. The number of aromatic nitrogens is 1. The second-order valence-electron chi connectivity index (χ2n) is 9.59. The Morgan fingerprint density at radius 2 is 1.83 bits per heavy atom. The van der Waals surface area contributed by atoms with Gasteiger partial charge in [0.1, 0.15) is 0 Å². The molecule has 0 unspecified atom stereocenters. The lowest BCUT2D eigenvalue weighted by Gasteiger charge is -2.33. The van der Waals surface area contributed by atoms with Crippen molar-refractivity contribution in [3.8, 4) is 11.1 Å². The highest BCUT2D eigenvalue weighted by Gasteiger charge is 2.34. The van der Waals surface area contributed by atoms with Crippen molar-refractivity contribution in [3.05, 3.63) is 82.1 Å². The van der Waals surface area contributed by atoms with E-state index in [4.69, 9.17) is 11.6 Å². The predicted molar refractivity (Wildman–Crippen MR) is 140 cm³/mol. The number of carbonyl (C=O) groups is 2. The standard InChI is InChI=1S/C29H31ClN2O3/c1-17(14-27(33)34)24-8-5-9-26(18(24)2)32-29(35)28(21-6-4-7-21)22-12-10-20(11-13-22)23-15-25(30)19(3)31-16-23/h5,8-13,15-17,21,28H,4,6-7,14H2,1-3H3,(H,32,35)(H,33,34)/t17-,28-/m1/s1. The Morgan fingerprint density at radius 1 is 1.11 bits per heavy atom. The summed E-state index contributed by atoms with van der Waals surface area (Å²) in [7, 11) is 0. The monoisotopic (exact) mass is 490 g/mol. The van der Waals surface area contributed by atoms with Crippen molar-refractivity contribution >= 4 is 29.2 Å². The average Bonchev–Trinajstić information content (AvgIpc) is 2.79. The van der Waals surface area contributed by atoms with E-state index in [0.717, 1.165) is 58.5 Å². The molecule has 1 amide bonds. The van der Waals surface area contributed by atoms with Gasteiger partial charge in [0.05, 0.1) is 23.1 Å². The number of halogens is 1. The van der Waals surface area contributed by atoms with Gasteiger partial charge < -0.3 is 10.4 Å². The van der Waals surface area contributed by atoms with Crippen LogP contribution in [0.5, 0.6) is 0 Å². The minimum Gasteiger partial charge on any atom is -0.481 e. The van der Waals surface area contributed by atoms with E-state index in [0.29, 0.717) is 10.9 Å². The van der Waals surface area contributed by atoms with Gasteiger partial charge in [-0.2, -0.15) is 0 Å². The number of nitrogens with one attached hydrogen (secondary N) is 1. The third-order valence-corrected chi connectivity index (χ3v) is 7.56. The van der Waals surface area contributed by atoms with Gasteiger partial charge in [0.25, 0.3) is 0 Å². The number of anilines is 1. The van der Waals surface area contributed by atoms with E-state index in [1.807, 2.05) is 75.5 Å². The Balaban J connectivity index is 1.57. The predicted octanol–water partition coefficient (Wildman–Crippen LogP) is 7.12. The molecule has 1 saturated carbocycles. The maximum Gasteiger partial charge on any atom is 0.303 e. The zero-order valence-electron chi connectivity index (χ0n) is 20.3. The molecule has 0 saturated heterocycles. The number of nitrogens with zero attached hydrogens (tertiary/aromatic N) is 1. The Morgan fingerprint density at radius 3 is 2.43 bits per heavy atom. The summed E-state index contributed by atoms with van der Waals surface area (Å²) in [4.78, 5) is 29.1. The molecule has 1 heterocycles. The van der Waals surface area contributed by atoms with Crippen LogP contribution in [0.3, 0.4) is 0 Å². The largest absolute Gasteiger partial charge is 0.481 e. The molecule has 2 N–H and O–H groups in total. The van der Waals surface area contributed by atoms with Crippen molar-refractivity contribution in [1.29, 1.82) is 0 Å².